The highest BCUT2D eigenvalue weighted by Crippen LogP contribution is 2.40. The minimum atomic E-state index is -0.695. The van der Waals surface area contributed by atoms with E-state index in [-0.39, 0.29) is 5.56 Å². The smallest absolute Gasteiger partial charge is 0.295 e. The van der Waals surface area contributed by atoms with E-state index in [4.69, 9.17) is 0 Å². The molecule has 1 aliphatic carbocycles. The average molecular weight is 444 g/mol. The van der Waals surface area contributed by atoms with Gasteiger partial charge < -0.3 is 4.57 Å². The molecule has 1 saturated carbocycles. The molecule has 0 spiro atoms. The molecule has 2 amide bonds. The maximum absolute atomic E-state index is 12.9. The normalized spacial score (nSPS) is 14.9. The summed E-state index contributed by atoms with van der Waals surface area (Å²) in [6, 6.07) is 9.34. The van der Waals surface area contributed by atoms with Crippen molar-refractivity contribution in [2.45, 2.75) is 42.6 Å². The number of benzene rings is 1. The highest BCUT2D eigenvalue weighted by atomic mass is 32.2. The SMILES string of the molecule is CC(Sc1nnc(Cc2cccs2)n1C1CC1)C(=O)N=NC(=O)c1ccc(F)cc1. The fourth-order valence-electron chi connectivity index (χ4n) is 2.81. The van der Waals surface area contributed by atoms with E-state index in [0.717, 1.165) is 30.8 Å². The zero-order valence-corrected chi connectivity index (χ0v) is 17.7. The van der Waals surface area contributed by atoms with Crippen molar-refractivity contribution in [3.05, 3.63) is 63.9 Å². The van der Waals surface area contributed by atoms with Crippen LogP contribution in [0.4, 0.5) is 4.39 Å². The number of aromatic nitrogens is 3. The number of carbonyl (C=O) groups excluding carboxylic acids is 2. The Balaban J connectivity index is 1.42. The van der Waals surface area contributed by atoms with Gasteiger partial charge in [0.05, 0.1) is 5.25 Å². The number of thioether (sulfide) groups is 1. The Bertz CT molecular complexity index is 1080. The van der Waals surface area contributed by atoms with Crippen LogP contribution in [-0.2, 0) is 11.2 Å². The third-order valence-corrected chi connectivity index (χ3v) is 6.44. The van der Waals surface area contributed by atoms with Crippen LogP contribution >= 0.6 is 23.1 Å². The lowest BCUT2D eigenvalue weighted by Crippen LogP contribution is -2.12. The molecule has 0 radical (unpaired) electrons. The molecule has 0 aliphatic heterocycles. The molecule has 1 unspecified atom stereocenters. The molecule has 3 aromatic rings. The van der Waals surface area contributed by atoms with Crippen LogP contribution in [-0.4, -0.2) is 31.8 Å². The van der Waals surface area contributed by atoms with Gasteiger partial charge >= 0.3 is 0 Å². The number of amides is 2. The first-order valence-electron chi connectivity index (χ1n) is 9.39. The van der Waals surface area contributed by atoms with Gasteiger partial charge in [-0.25, -0.2) is 4.39 Å². The lowest BCUT2D eigenvalue weighted by atomic mass is 10.2. The standard InChI is InChI=1S/C20H18FN5O2S2/c1-12(18(27)23-24-19(28)13-4-6-14(21)7-5-13)30-20-25-22-17(26(20)15-8-9-15)11-16-3-2-10-29-16/h2-7,10,12,15H,8-9,11H2,1H3. The second kappa shape index (κ2) is 8.97. The van der Waals surface area contributed by atoms with Crippen molar-refractivity contribution in [1.29, 1.82) is 0 Å². The first-order valence-corrected chi connectivity index (χ1v) is 11.2. The summed E-state index contributed by atoms with van der Waals surface area (Å²) in [5.74, 6) is -0.807. The average Bonchev–Trinajstić information content (AvgIpc) is 3.30. The van der Waals surface area contributed by atoms with Crippen molar-refractivity contribution < 1.29 is 14.0 Å². The van der Waals surface area contributed by atoms with Crippen molar-refractivity contribution in [3.8, 4) is 0 Å². The second-order valence-corrected chi connectivity index (χ2v) is 9.21. The summed E-state index contributed by atoms with van der Waals surface area (Å²) in [6.45, 7) is 1.69. The van der Waals surface area contributed by atoms with Crippen LogP contribution in [0.3, 0.4) is 0 Å². The molecule has 1 fully saturated rings. The van der Waals surface area contributed by atoms with Crippen molar-refractivity contribution in [2.24, 2.45) is 10.2 Å². The fourth-order valence-corrected chi connectivity index (χ4v) is 4.43. The maximum atomic E-state index is 12.9. The van der Waals surface area contributed by atoms with Crippen molar-refractivity contribution in [3.63, 3.8) is 0 Å². The summed E-state index contributed by atoms with van der Waals surface area (Å²) in [5.41, 5.74) is 0.167. The minimum absolute atomic E-state index is 0.167. The molecule has 0 N–H and O–H groups in total. The fraction of sp³-hybridized carbons (Fsp3) is 0.300. The van der Waals surface area contributed by atoms with Crippen molar-refractivity contribution in [2.75, 3.05) is 0 Å². The zero-order valence-electron chi connectivity index (χ0n) is 16.1. The Hall–Kier alpha value is -2.72. The van der Waals surface area contributed by atoms with Gasteiger partial charge in [-0.15, -0.1) is 31.8 Å². The van der Waals surface area contributed by atoms with Crippen LogP contribution < -0.4 is 0 Å². The monoisotopic (exact) mass is 443 g/mol. The van der Waals surface area contributed by atoms with E-state index in [1.807, 2.05) is 11.4 Å². The van der Waals surface area contributed by atoms with E-state index in [0.29, 0.717) is 17.6 Å². The van der Waals surface area contributed by atoms with Gasteiger partial charge in [0.2, 0.25) is 0 Å². The number of azo groups is 1. The molecule has 2 aromatic heterocycles. The van der Waals surface area contributed by atoms with Gasteiger partial charge in [0.15, 0.2) is 5.16 Å². The van der Waals surface area contributed by atoms with E-state index in [1.54, 1.807) is 18.3 Å². The van der Waals surface area contributed by atoms with E-state index in [2.05, 4.69) is 31.1 Å². The Kier molecular flexibility index (Phi) is 6.14. The Morgan fingerprint density at radius 1 is 1.23 bits per heavy atom. The lowest BCUT2D eigenvalue weighted by Gasteiger charge is -2.10. The Labute approximate surface area is 180 Å². The summed E-state index contributed by atoms with van der Waals surface area (Å²) in [7, 11) is 0. The number of hydrogen-bond donors (Lipinski definition) is 0. The van der Waals surface area contributed by atoms with Crippen LogP contribution in [0.25, 0.3) is 0 Å². The maximum Gasteiger partial charge on any atom is 0.295 e. The van der Waals surface area contributed by atoms with Gasteiger partial charge in [-0.2, -0.15) is 0 Å². The zero-order chi connectivity index (χ0) is 21.1. The van der Waals surface area contributed by atoms with Crippen molar-refractivity contribution in [1.82, 2.24) is 14.8 Å². The van der Waals surface area contributed by atoms with Crippen LogP contribution in [0.15, 0.2) is 57.2 Å². The minimum Gasteiger partial charge on any atom is -0.303 e. The first-order chi connectivity index (χ1) is 14.5. The highest BCUT2D eigenvalue weighted by Gasteiger charge is 2.31. The van der Waals surface area contributed by atoms with E-state index < -0.39 is 22.9 Å². The number of halogens is 1. The molecular formula is C20H18FN5O2S2. The lowest BCUT2D eigenvalue weighted by molar-refractivity contribution is -0.117. The summed E-state index contributed by atoms with van der Waals surface area (Å²) >= 11 is 2.93. The first kappa shape index (κ1) is 20.5. The summed E-state index contributed by atoms with van der Waals surface area (Å²) in [4.78, 5) is 25.5. The Morgan fingerprint density at radius 3 is 2.67 bits per heavy atom. The summed E-state index contributed by atoms with van der Waals surface area (Å²) < 4.78 is 15.0. The molecule has 10 heteroatoms. The molecule has 2 heterocycles. The van der Waals surface area contributed by atoms with Crippen LogP contribution in [0, 0.1) is 5.82 Å². The topological polar surface area (TPSA) is 89.6 Å². The molecule has 0 saturated heterocycles. The number of carbonyl (C=O) groups is 2. The van der Waals surface area contributed by atoms with Gasteiger partial charge in [0, 0.05) is 22.9 Å². The van der Waals surface area contributed by atoms with Gasteiger partial charge in [-0.1, -0.05) is 17.8 Å². The quantitative estimate of drug-likeness (QED) is 0.390. The highest BCUT2D eigenvalue weighted by molar-refractivity contribution is 8.00. The number of thiophene rings is 1. The molecule has 30 heavy (non-hydrogen) atoms. The summed E-state index contributed by atoms with van der Waals surface area (Å²) in [6.07, 6.45) is 2.84. The van der Waals surface area contributed by atoms with Gasteiger partial charge in [-0.05, 0) is 55.5 Å². The van der Waals surface area contributed by atoms with E-state index in [9.17, 15) is 14.0 Å². The molecule has 7 nitrogen and oxygen atoms in total. The number of hydrogen-bond acceptors (Lipinski definition) is 6. The van der Waals surface area contributed by atoms with Crippen LogP contribution in [0.5, 0.6) is 0 Å². The number of nitrogens with zero attached hydrogens (tertiary/aromatic N) is 5. The molecule has 4 rings (SSSR count). The van der Waals surface area contributed by atoms with Gasteiger partial charge in [-0.3, -0.25) is 9.59 Å². The van der Waals surface area contributed by atoms with Gasteiger partial charge in [0.1, 0.15) is 11.6 Å². The van der Waals surface area contributed by atoms with Crippen LogP contribution in [0.1, 0.15) is 46.9 Å². The Morgan fingerprint density at radius 2 is 2.00 bits per heavy atom. The van der Waals surface area contributed by atoms with E-state index in [1.165, 1.54) is 28.8 Å². The van der Waals surface area contributed by atoms with Crippen LogP contribution in [0.2, 0.25) is 0 Å². The summed E-state index contributed by atoms with van der Waals surface area (Å²) in [5, 5.41) is 17.8. The van der Waals surface area contributed by atoms with E-state index >= 15 is 0 Å². The van der Waals surface area contributed by atoms with Gasteiger partial charge in [0.25, 0.3) is 11.8 Å². The number of rotatable bonds is 7. The molecule has 1 aliphatic rings. The third-order valence-electron chi connectivity index (χ3n) is 4.52. The second-order valence-electron chi connectivity index (χ2n) is 6.87. The molecule has 1 atom stereocenters. The predicted octanol–water partition coefficient (Wildman–Crippen LogP) is 4.70. The predicted molar refractivity (Wildman–Crippen MR) is 111 cm³/mol. The molecule has 1 aromatic carbocycles. The largest absolute Gasteiger partial charge is 0.303 e. The third kappa shape index (κ3) is 4.88. The molecule has 0 bridgehead atoms. The molecular weight excluding hydrogens is 425 g/mol. The van der Waals surface area contributed by atoms with Crippen molar-refractivity contribution >= 4 is 34.9 Å². The molecule has 154 valence electrons.